The summed E-state index contributed by atoms with van der Waals surface area (Å²) in [4.78, 5) is 19.7. The lowest BCUT2D eigenvalue weighted by molar-refractivity contribution is -0.0745. The van der Waals surface area contributed by atoms with Gasteiger partial charge in [0.2, 0.25) is 0 Å². The van der Waals surface area contributed by atoms with Crippen LogP contribution in [0.4, 0.5) is 9.18 Å². The molecule has 2 saturated heterocycles. The zero-order chi connectivity index (χ0) is 24.9. The van der Waals surface area contributed by atoms with Gasteiger partial charge in [0.1, 0.15) is 5.82 Å². The molecular formula is C27H40FN3O4. The molecule has 0 unspecified atom stereocenters. The first-order valence-electron chi connectivity index (χ1n) is 13.1. The maximum atomic E-state index is 14.2. The van der Waals surface area contributed by atoms with Crippen molar-refractivity contribution in [3.05, 3.63) is 35.6 Å². The van der Waals surface area contributed by atoms with Gasteiger partial charge in [0, 0.05) is 38.1 Å². The number of rotatable bonds is 6. The fraction of sp³-hybridized carbons (Fsp3) is 0.741. The van der Waals surface area contributed by atoms with Crippen LogP contribution in [-0.2, 0) is 10.3 Å². The molecule has 194 valence electrons. The number of β-amino-alcohol motifs (C(OH)–C–C–N with tert-alkyl or cyclic N) is 2. The van der Waals surface area contributed by atoms with E-state index in [1.54, 1.807) is 12.1 Å². The number of amides is 2. The van der Waals surface area contributed by atoms with Crippen molar-refractivity contribution < 1.29 is 24.1 Å². The normalized spacial score (nSPS) is 32.3. The quantitative estimate of drug-likeness (QED) is 0.642. The summed E-state index contributed by atoms with van der Waals surface area (Å²) in [5, 5.41) is 22.2. The monoisotopic (exact) mass is 489 g/mol. The first-order valence-corrected chi connectivity index (χ1v) is 13.1. The predicted octanol–water partition coefficient (Wildman–Crippen LogP) is 3.09. The first-order chi connectivity index (χ1) is 16.6. The molecule has 1 spiro atoms. The van der Waals surface area contributed by atoms with Gasteiger partial charge >= 0.3 is 6.03 Å². The molecule has 8 heteroatoms. The Morgan fingerprint density at radius 2 is 1.63 bits per heavy atom. The summed E-state index contributed by atoms with van der Waals surface area (Å²) in [6.45, 7) is 2.21. The predicted molar refractivity (Wildman–Crippen MR) is 130 cm³/mol. The van der Waals surface area contributed by atoms with Crippen LogP contribution < -0.4 is 0 Å². The van der Waals surface area contributed by atoms with Gasteiger partial charge in [0.25, 0.3) is 0 Å². The van der Waals surface area contributed by atoms with E-state index in [-0.39, 0.29) is 17.4 Å². The standard InChI is InChI=1S/C27H40FN3O4/c1-29(2)27(21-5-3-6-22(28)17-21)11-9-24(10-12-27)18-30(19-26(34)13-15-35-16-14-26)23(32)31(24)20-25(33)7-4-8-25/h3,5-6,17,33-34H,4,7-16,18-20H2,1-2H3/t24-,27+. The second-order valence-electron chi connectivity index (χ2n) is 11.8. The van der Waals surface area contributed by atoms with E-state index in [1.807, 2.05) is 30.0 Å². The second kappa shape index (κ2) is 8.98. The lowest BCUT2D eigenvalue weighted by atomic mass is 9.67. The van der Waals surface area contributed by atoms with Crippen molar-refractivity contribution >= 4 is 6.03 Å². The zero-order valence-electron chi connectivity index (χ0n) is 21.1. The van der Waals surface area contributed by atoms with E-state index in [0.717, 1.165) is 50.5 Å². The molecular weight excluding hydrogens is 449 g/mol. The number of urea groups is 1. The lowest BCUT2D eigenvalue weighted by Gasteiger charge is -2.52. The highest BCUT2D eigenvalue weighted by Gasteiger charge is 2.57. The SMILES string of the molecule is CN(C)[C@]1(c2cccc(F)c2)CC[C@]2(CC1)CN(CC1(O)CCOCC1)C(=O)N2CC1(O)CCC1. The molecule has 2 amide bonds. The van der Waals surface area contributed by atoms with Crippen molar-refractivity contribution in [2.24, 2.45) is 0 Å². The summed E-state index contributed by atoms with van der Waals surface area (Å²) in [5.74, 6) is -0.232. The van der Waals surface area contributed by atoms with Gasteiger partial charge < -0.3 is 24.7 Å². The fourth-order valence-electron chi connectivity index (χ4n) is 6.87. The molecule has 5 rings (SSSR count). The maximum Gasteiger partial charge on any atom is 0.320 e. The number of carbonyl (C=O) groups excluding carboxylic acids is 1. The third kappa shape index (κ3) is 4.47. The molecule has 0 atom stereocenters. The van der Waals surface area contributed by atoms with Gasteiger partial charge in [-0.1, -0.05) is 12.1 Å². The van der Waals surface area contributed by atoms with Crippen LogP contribution in [0.5, 0.6) is 0 Å². The van der Waals surface area contributed by atoms with Crippen molar-refractivity contribution in [2.75, 3.05) is 46.9 Å². The van der Waals surface area contributed by atoms with Crippen LogP contribution in [0, 0.1) is 5.82 Å². The number of hydrogen-bond acceptors (Lipinski definition) is 5. The summed E-state index contributed by atoms with van der Waals surface area (Å²) in [5.41, 5.74) is -1.47. The maximum absolute atomic E-state index is 14.2. The van der Waals surface area contributed by atoms with E-state index >= 15 is 0 Å². The Hall–Kier alpha value is -1.74. The summed E-state index contributed by atoms with van der Waals surface area (Å²) in [6.07, 6.45) is 6.59. The number of halogens is 1. The average molecular weight is 490 g/mol. The van der Waals surface area contributed by atoms with E-state index in [1.165, 1.54) is 6.07 Å². The Balaban J connectivity index is 1.41. The number of ether oxygens (including phenoxy) is 1. The topological polar surface area (TPSA) is 76.5 Å². The van der Waals surface area contributed by atoms with Gasteiger partial charge in [-0.15, -0.1) is 0 Å². The minimum absolute atomic E-state index is 0.0756. The smallest absolute Gasteiger partial charge is 0.320 e. The van der Waals surface area contributed by atoms with Crippen molar-refractivity contribution in [1.82, 2.24) is 14.7 Å². The summed E-state index contributed by atoms with van der Waals surface area (Å²) in [7, 11) is 4.09. The van der Waals surface area contributed by atoms with E-state index < -0.39 is 16.7 Å². The fourth-order valence-corrected chi connectivity index (χ4v) is 6.87. The highest BCUT2D eigenvalue weighted by atomic mass is 19.1. The Morgan fingerprint density at radius 1 is 0.971 bits per heavy atom. The van der Waals surface area contributed by atoms with Crippen LogP contribution in [0.25, 0.3) is 0 Å². The molecule has 2 aliphatic heterocycles. The first kappa shape index (κ1) is 24.9. The van der Waals surface area contributed by atoms with E-state index in [9.17, 15) is 19.4 Å². The molecule has 7 nitrogen and oxygen atoms in total. The van der Waals surface area contributed by atoms with Crippen molar-refractivity contribution in [3.8, 4) is 0 Å². The van der Waals surface area contributed by atoms with Crippen LogP contribution in [0.2, 0.25) is 0 Å². The molecule has 2 heterocycles. The van der Waals surface area contributed by atoms with Gasteiger partial charge in [-0.05, 0) is 76.7 Å². The third-order valence-electron chi connectivity index (χ3n) is 9.43. The lowest BCUT2D eigenvalue weighted by Crippen LogP contribution is -2.59. The number of hydrogen-bond donors (Lipinski definition) is 2. The summed E-state index contributed by atoms with van der Waals surface area (Å²) < 4.78 is 19.6. The molecule has 2 N–H and O–H groups in total. The summed E-state index contributed by atoms with van der Waals surface area (Å²) >= 11 is 0. The van der Waals surface area contributed by atoms with E-state index in [4.69, 9.17) is 4.74 Å². The van der Waals surface area contributed by atoms with Crippen molar-refractivity contribution in [2.45, 2.75) is 80.1 Å². The van der Waals surface area contributed by atoms with Crippen molar-refractivity contribution in [1.29, 1.82) is 0 Å². The van der Waals surface area contributed by atoms with Gasteiger partial charge in [-0.25, -0.2) is 9.18 Å². The molecule has 0 bridgehead atoms. The molecule has 0 aromatic heterocycles. The van der Waals surface area contributed by atoms with Gasteiger partial charge in [-0.2, -0.15) is 0 Å². The van der Waals surface area contributed by atoms with Crippen LogP contribution >= 0.6 is 0 Å². The van der Waals surface area contributed by atoms with Crippen LogP contribution in [-0.4, -0.2) is 94.6 Å². The Kier molecular flexibility index (Phi) is 6.39. The number of nitrogens with zero attached hydrogens (tertiary/aromatic N) is 3. The van der Waals surface area contributed by atoms with Gasteiger partial charge in [-0.3, -0.25) is 4.90 Å². The van der Waals surface area contributed by atoms with E-state index in [0.29, 0.717) is 45.7 Å². The molecule has 0 radical (unpaired) electrons. The Labute approximate surface area is 207 Å². The molecule has 2 aliphatic carbocycles. The number of aliphatic hydroxyl groups is 2. The molecule has 1 aromatic carbocycles. The highest BCUT2D eigenvalue weighted by Crippen LogP contribution is 2.50. The Morgan fingerprint density at radius 3 is 2.20 bits per heavy atom. The molecule has 35 heavy (non-hydrogen) atoms. The minimum atomic E-state index is -0.928. The van der Waals surface area contributed by atoms with Crippen LogP contribution in [0.1, 0.15) is 63.4 Å². The minimum Gasteiger partial charge on any atom is -0.388 e. The van der Waals surface area contributed by atoms with Crippen molar-refractivity contribution in [3.63, 3.8) is 0 Å². The highest BCUT2D eigenvalue weighted by molar-refractivity contribution is 5.78. The van der Waals surface area contributed by atoms with E-state index in [2.05, 4.69) is 4.90 Å². The Bertz CT molecular complexity index is 936. The zero-order valence-corrected chi connectivity index (χ0v) is 21.1. The van der Waals surface area contributed by atoms with Crippen LogP contribution in [0.3, 0.4) is 0 Å². The molecule has 2 saturated carbocycles. The van der Waals surface area contributed by atoms with Gasteiger partial charge in [0.05, 0.1) is 29.8 Å². The van der Waals surface area contributed by atoms with Gasteiger partial charge in [0.15, 0.2) is 0 Å². The van der Waals surface area contributed by atoms with Crippen LogP contribution in [0.15, 0.2) is 24.3 Å². The molecule has 4 aliphatic rings. The average Bonchev–Trinajstić information content (AvgIpc) is 3.04. The summed E-state index contributed by atoms with van der Waals surface area (Å²) in [6, 6.07) is 6.82. The second-order valence-corrected chi connectivity index (χ2v) is 11.8. The number of carbonyl (C=O) groups is 1. The molecule has 1 aromatic rings. The molecule has 4 fully saturated rings. The number of benzene rings is 1. The third-order valence-corrected chi connectivity index (χ3v) is 9.43. The largest absolute Gasteiger partial charge is 0.388 e.